The normalized spacial score (nSPS) is 21.1. The Kier molecular flexibility index (Phi) is 4.85. The molecule has 2 amide bonds. The molecule has 1 aromatic carbocycles. The summed E-state index contributed by atoms with van der Waals surface area (Å²) in [6.45, 7) is 0.248. The van der Waals surface area contributed by atoms with Crippen LogP contribution in [0.15, 0.2) is 34.9 Å². The van der Waals surface area contributed by atoms with E-state index in [2.05, 4.69) is 10.1 Å². The minimum Gasteiger partial charge on any atom is -0.493 e. The number of ether oxygens (including phenoxy) is 2. The Morgan fingerprint density at radius 1 is 1.07 bits per heavy atom. The van der Waals surface area contributed by atoms with Gasteiger partial charge in [-0.25, -0.2) is 0 Å². The summed E-state index contributed by atoms with van der Waals surface area (Å²) in [5, 5.41) is 3.99. The number of methoxy groups -OCH3 is 2. The van der Waals surface area contributed by atoms with Crippen molar-refractivity contribution >= 4 is 11.8 Å². The molecule has 1 aromatic heterocycles. The highest BCUT2D eigenvalue weighted by Crippen LogP contribution is 2.35. The molecule has 4 rings (SSSR count). The predicted molar refractivity (Wildman–Crippen MR) is 98.6 cm³/mol. The molecule has 2 aromatic rings. The average Bonchev–Trinajstić information content (AvgIpc) is 3.30. The van der Waals surface area contributed by atoms with Gasteiger partial charge in [0.25, 0.3) is 0 Å². The maximum absolute atomic E-state index is 12.5. The van der Waals surface area contributed by atoms with E-state index >= 15 is 0 Å². The smallest absolute Gasteiger partial charge is 0.233 e. The van der Waals surface area contributed by atoms with Gasteiger partial charge in [-0.2, -0.15) is 4.98 Å². The molecule has 8 heteroatoms. The van der Waals surface area contributed by atoms with Crippen LogP contribution in [0.3, 0.4) is 0 Å². The van der Waals surface area contributed by atoms with E-state index in [1.54, 1.807) is 32.4 Å². The average molecular weight is 383 g/mol. The quantitative estimate of drug-likeness (QED) is 0.558. The highest BCUT2D eigenvalue weighted by atomic mass is 16.5. The van der Waals surface area contributed by atoms with E-state index in [1.165, 1.54) is 4.90 Å². The van der Waals surface area contributed by atoms with Gasteiger partial charge in [0.1, 0.15) is 0 Å². The van der Waals surface area contributed by atoms with Crippen LogP contribution in [0.25, 0.3) is 11.4 Å². The third-order valence-electron chi connectivity index (χ3n) is 5.26. The van der Waals surface area contributed by atoms with Gasteiger partial charge in [-0.05, 0) is 31.0 Å². The van der Waals surface area contributed by atoms with Crippen molar-refractivity contribution in [2.75, 3.05) is 20.8 Å². The first-order valence-electron chi connectivity index (χ1n) is 9.17. The number of allylic oxidation sites excluding steroid dienone is 2. The molecule has 0 saturated carbocycles. The van der Waals surface area contributed by atoms with Crippen LogP contribution in [0.5, 0.6) is 11.5 Å². The number of amides is 2. The molecule has 2 aliphatic rings. The summed E-state index contributed by atoms with van der Waals surface area (Å²) in [5.41, 5.74) is 0.720. The van der Waals surface area contributed by atoms with Crippen LogP contribution in [-0.2, 0) is 16.0 Å². The van der Waals surface area contributed by atoms with Gasteiger partial charge < -0.3 is 14.0 Å². The highest BCUT2D eigenvalue weighted by Gasteiger charge is 2.46. The zero-order valence-corrected chi connectivity index (χ0v) is 15.8. The second-order valence-corrected chi connectivity index (χ2v) is 6.82. The van der Waals surface area contributed by atoms with E-state index in [0.717, 1.165) is 5.56 Å². The zero-order valence-electron chi connectivity index (χ0n) is 15.8. The minimum absolute atomic E-state index is 0.0982. The van der Waals surface area contributed by atoms with E-state index < -0.39 is 0 Å². The lowest BCUT2D eigenvalue weighted by atomic mass is 9.85. The van der Waals surface area contributed by atoms with Crippen molar-refractivity contribution < 1.29 is 23.6 Å². The van der Waals surface area contributed by atoms with Crippen molar-refractivity contribution in [1.29, 1.82) is 0 Å². The summed E-state index contributed by atoms with van der Waals surface area (Å²) < 4.78 is 15.8. The van der Waals surface area contributed by atoms with Crippen molar-refractivity contribution in [3.63, 3.8) is 0 Å². The van der Waals surface area contributed by atoms with Crippen LogP contribution in [0.4, 0.5) is 0 Å². The Bertz CT molecular complexity index is 910. The molecule has 146 valence electrons. The third kappa shape index (κ3) is 3.15. The third-order valence-corrected chi connectivity index (χ3v) is 5.26. The molecule has 8 nitrogen and oxygen atoms in total. The van der Waals surface area contributed by atoms with Gasteiger partial charge in [0, 0.05) is 18.5 Å². The molecule has 0 N–H and O–H groups in total. The van der Waals surface area contributed by atoms with Crippen LogP contribution in [0.1, 0.15) is 18.7 Å². The Labute approximate surface area is 162 Å². The number of likely N-dealkylation sites (tertiary alicyclic amines) is 1. The summed E-state index contributed by atoms with van der Waals surface area (Å²) in [5.74, 6) is 1.32. The first-order chi connectivity index (χ1) is 13.6. The molecule has 1 aliphatic heterocycles. The Morgan fingerprint density at radius 2 is 1.75 bits per heavy atom. The second kappa shape index (κ2) is 7.46. The monoisotopic (exact) mass is 383 g/mol. The first-order valence-corrected chi connectivity index (χ1v) is 9.17. The van der Waals surface area contributed by atoms with E-state index in [-0.39, 0.29) is 30.2 Å². The highest BCUT2D eigenvalue weighted by molar-refractivity contribution is 6.05. The second-order valence-electron chi connectivity index (χ2n) is 6.82. The van der Waals surface area contributed by atoms with Crippen molar-refractivity contribution in [3.05, 3.63) is 36.2 Å². The van der Waals surface area contributed by atoms with Gasteiger partial charge in [-0.15, -0.1) is 0 Å². The number of hydrogen-bond donors (Lipinski definition) is 0. The number of nitrogens with zero attached hydrogens (tertiary/aromatic N) is 3. The van der Waals surface area contributed by atoms with Crippen LogP contribution < -0.4 is 9.47 Å². The van der Waals surface area contributed by atoms with Crippen molar-refractivity contribution in [1.82, 2.24) is 15.0 Å². The fraction of sp³-hybridized carbons (Fsp3) is 0.400. The molecule has 1 fully saturated rings. The van der Waals surface area contributed by atoms with Crippen LogP contribution in [-0.4, -0.2) is 47.6 Å². The number of aromatic nitrogens is 2. The number of carbonyl (C=O) groups excluding carboxylic acids is 2. The Balaban J connectivity index is 1.44. The van der Waals surface area contributed by atoms with Gasteiger partial charge >= 0.3 is 0 Å². The maximum Gasteiger partial charge on any atom is 0.233 e. The number of fused-ring (bicyclic) bond motifs is 1. The molecule has 0 bridgehead atoms. The molecule has 28 heavy (non-hydrogen) atoms. The van der Waals surface area contributed by atoms with Gasteiger partial charge in [-0.1, -0.05) is 17.3 Å². The van der Waals surface area contributed by atoms with E-state index in [0.29, 0.717) is 42.5 Å². The topological polar surface area (TPSA) is 94.8 Å². The molecule has 0 unspecified atom stereocenters. The molecule has 1 saturated heterocycles. The molecule has 0 radical (unpaired) electrons. The summed E-state index contributed by atoms with van der Waals surface area (Å²) in [6.07, 6.45) is 5.54. The number of carbonyl (C=O) groups is 2. The molecule has 0 spiro atoms. The van der Waals surface area contributed by atoms with Crippen molar-refractivity contribution in [2.24, 2.45) is 11.8 Å². The molecule has 2 heterocycles. The largest absolute Gasteiger partial charge is 0.493 e. The summed E-state index contributed by atoms with van der Waals surface area (Å²) >= 11 is 0. The van der Waals surface area contributed by atoms with Crippen LogP contribution in [0.2, 0.25) is 0 Å². The van der Waals surface area contributed by atoms with E-state index in [9.17, 15) is 9.59 Å². The number of rotatable bonds is 6. The lowest BCUT2D eigenvalue weighted by Crippen LogP contribution is -2.33. The SMILES string of the molecule is COc1ccc(-c2noc(CCN3C(=O)[C@H]4CC=CC[C@H]4C3=O)n2)cc1OC. The number of imide groups is 1. The van der Waals surface area contributed by atoms with Crippen LogP contribution in [0, 0.1) is 11.8 Å². The van der Waals surface area contributed by atoms with Gasteiger partial charge in [0.05, 0.1) is 26.1 Å². The zero-order chi connectivity index (χ0) is 19.7. The van der Waals surface area contributed by atoms with Crippen molar-refractivity contribution in [3.8, 4) is 22.9 Å². The van der Waals surface area contributed by atoms with Crippen LogP contribution >= 0.6 is 0 Å². The lowest BCUT2D eigenvalue weighted by molar-refractivity contribution is -0.139. The van der Waals surface area contributed by atoms with E-state index in [1.807, 2.05) is 12.2 Å². The first kappa shape index (κ1) is 18.2. The predicted octanol–water partition coefficient (Wildman–Crippen LogP) is 2.25. The fourth-order valence-corrected chi connectivity index (χ4v) is 3.75. The van der Waals surface area contributed by atoms with Gasteiger partial charge in [0.15, 0.2) is 11.5 Å². The van der Waals surface area contributed by atoms with Gasteiger partial charge in [-0.3, -0.25) is 14.5 Å². The van der Waals surface area contributed by atoms with Gasteiger partial charge in [0.2, 0.25) is 23.5 Å². The molecular formula is C20H21N3O5. The van der Waals surface area contributed by atoms with Crippen molar-refractivity contribution in [2.45, 2.75) is 19.3 Å². The summed E-state index contributed by atoms with van der Waals surface area (Å²) in [7, 11) is 3.12. The molecule has 1 aliphatic carbocycles. The Morgan fingerprint density at radius 3 is 2.39 bits per heavy atom. The number of hydrogen-bond acceptors (Lipinski definition) is 7. The minimum atomic E-state index is -0.220. The standard InChI is InChI=1S/C20H21N3O5/c1-26-15-8-7-12(11-16(15)27-2)18-21-17(28-22-18)9-10-23-19(24)13-5-3-4-6-14(13)20(23)25/h3-4,7-8,11,13-14H,5-6,9-10H2,1-2H3/t13-,14+. The molecular weight excluding hydrogens is 362 g/mol. The fourth-order valence-electron chi connectivity index (χ4n) is 3.75. The molecule has 2 atom stereocenters. The number of benzene rings is 1. The van der Waals surface area contributed by atoms with E-state index in [4.69, 9.17) is 14.0 Å². The maximum atomic E-state index is 12.5. The summed E-state index contributed by atoms with van der Waals surface area (Å²) in [6, 6.07) is 5.33. The summed E-state index contributed by atoms with van der Waals surface area (Å²) in [4.78, 5) is 30.7. The Hall–Kier alpha value is -3.16. The lowest BCUT2D eigenvalue weighted by Gasteiger charge is -2.14.